The third-order valence-electron chi connectivity index (χ3n) is 10.8. The molecule has 4 aliphatic heterocycles. The number of fused-ring (bicyclic) bond motifs is 5. The average Bonchev–Trinajstić information content (AvgIpc) is 3.70. The van der Waals surface area contributed by atoms with Crippen LogP contribution in [0.1, 0.15) is 37.7 Å². The molecule has 50 heavy (non-hydrogen) atoms. The number of benzene rings is 2. The van der Waals surface area contributed by atoms with Crippen molar-refractivity contribution in [2.45, 2.75) is 55.9 Å². The number of phenols is 1. The molecule has 1 N–H and O–H groups in total. The van der Waals surface area contributed by atoms with Crippen molar-refractivity contribution in [1.82, 2.24) is 28.5 Å². The van der Waals surface area contributed by atoms with Crippen molar-refractivity contribution in [1.29, 1.82) is 0 Å². The van der Waals surface area contributed by atoms with E-state index in [0.717, 1.165) is 19.4 Å². The number of hydrogen-bond acceptors (Lipinski definition) is 9. The van der Waals surface area contributed by atoms with E-state index in [-0.39, 0.29) is 63.6 Å². The Bertz CT molecular complexity index is 2190. The highest BCUT2D eigenvalue weighted by molar-refractivity contribution is 7.86. The van der Waals surface area contributed by atoms with Crippen LogP contribution in [0.4, 0.5) is 19.0 Å². The number of alkyl halides is 1. The molecule has 11 nitrogen and oxygen atoms in total. The summed E-state index contributed by atoms with van der Waals surface area (Å²) in [5.41, 5.74) is -0.877. The molecular formula is C35H36F3N7O4S. The SMILES string of the molecule is C#Cc1c(F)ccc2cc(O)cc(-c3ncc4c(N5CC6CCC(C5)N6S(=O)(=O)N(C)C)nc(OC[C@@]56CCCN5C[C@H](F)C6)nc4c3F)c12. The molecule has 15 heteroatoms. The number of aromatic nitrogens is 3. The van der Waals surface area contributed by atoms with Crippen molar-refractivity contribution in [2.24, 2.45) is 0 Å². The van der Waals surface area contributed by atoms with E-state index < -0.39 is 33.6 Å². The van der Waals surface area contributed by atoms with Gasteiger partial charge in [-0.15, -0.1) is 6.42 Å². The summed E-state index contributed by atoms with van der Waals surface area (Å²) in [6.07, 6.45) is 9.41. The number of rotatable bonds is 7. The summed E-state index contributed by atoms with van der Waals surface area (Å²) in [6, 6.07) is 4.53. The summed E-state index contributed by atoms with van der Waals surface area (Å²) >= 11 is 0. The summed E-state index contributed by atoms with van der Waals surface area (Å²) in [5.74, 6) is 0.935. The summed E-state index contributed by atoms with van der Waals surface area (Å²) in [4.78, 5) is 17.8. The van der Waals surface area contributed by atoms with Gasteiger partial charge in [0.05, 0.1) is 16.5 Å². The van der Waals surface area contributed by atoms with Crippen LogP contribution in [0.5, 0.6) is 11.8 Å². The third-order valence-corrected chi connectivity index (χ3v) is 12.8. The van der Waals surface area contributed by atoms with E-state index in [9.17, 15) is 22.3 Å². The summed E-state index contributed by atoms with van der Waals surface area (Å²) in [5, 5.41) is 11.4. The van der Waals surface area contributed by atoms with E-state index in [1.807, 2.05) is 4.90 Å². The Morgan fingerprint density at radius 1 is 1.14 bits per heavy atom. The average molecular weight is 708 g/mol. The predicted molar refractivity (Wildman–Crippen MR) is 182 cm³/mol. The number of halogens is 3. The summed E-state index contributed by atoms with van der Waals surface area (Å²) in [6.45, 7) is 1.79. The number of hydrogen-bond donors (Lipinski definition) is 1. The lowest BCUT2D eigenvalue weighted by Crippen LogP contribution is -2.58. The zero-order valence-corrected chi connectivity index (χ0v) is 28.4. The third kappa shape index (κ3) is 5.14. The van der Waals surface area contributed by atoms with Gasteiger partial charge in [0.15, 0.2) is 5.82 Å². The minimum atomic E-state index is -3.68. The zero-order valence-electron chi connectivity index (χ0n) is 27.6. The second-order valence-corrected chi connectivity index (χ2v) is 16.0. The molecule has 0 aliphatic carbocycles. The van der Waals surface area contributed by atoms with Crippen molar-refractivity contribution in [2.75, 3.05) is 51.8 Å². The van der Waals surface area contributed by atoms with Gasteiger partial charge in [-0.25, -0.2) is 13.2 Å². The van der Waals surface area contributed by atoms with E-state index in [0.29, 0.717) is 50.1 Å². The van der Waals surface area contributed by atoms with Crippen molar-refractivity contribution in [3.63, 3.8) is 0 Å². The van der Waals surface area contributed by atoms with E-state index in [2.05, 4.69) is 20.8 Å². The quantitative estimate of drug-likeness (QED) is 0.282. The number of anilines is 1. The lowest BCUT2D eigenvalue weighted by atomic mass is 9.95. The first-order chi connectivity index (χ1) is 23.9. The first kappa shape index (κ1) is 32.9. The maximum absolute atomic E-state index is 17.0. The highest BCUT2D eigenvalue weighted by Crippen LogP contribution is 2.43. The van der Waals surface area contributed by atoms with Gasteiger partial charge in [0.25, 0.3) is 10.2 Å². The summed E-state index contributed by atoms with van der Waals surface area (Å²) < 4.78 is 81.8. The van der Waals surface area contributed by atoms with Crippen molar-refractivity contribution >= 4 is 37.7 Å². The number of nitrogens with zero attached hydrogens (tertiary/aromatic N) is 7. The molecule has 262 valence electrons. The van der Waals surface area contributed by atoms with Crippen LogP contribution in [-0.4, -0.2) is 113 Å². The number of ether oxygens (including phenoxy) is 1. The van der Waals surface area contributed by atoms with Gasteiger partial charge in [0.1, 0.15) is 41.4 Å². The fraction of sp³-hybridized carbons (Fsp3) is 0.457. The Kier molecular flexibility index (Phi) is 7.86. The second-order valence-electron chi connectivity index (χ2n) is 13.9. The molecule has 2 aromatic carbocycles. The van der Waals surface area contributed by atoms with E-state index >= 15 is 4.39 Å². The fourth-order valence-corrected chi connectivity index (χ4v) is 9.99. The van der Waals surface area contributed by atoms with Gasteiger partial charge >= 0.3 is 6.01 Å². The molecule has 4 aliphatic rings. The molecule has 0 amide bonds. The molecule has 4 aromatic rings. The molecule has 0 radical (unpaired) electrons. The molecule has 2 bridgehead atoms. The minimum absolute atomic E-state index is 0.0791. The largest absolute Gasteiger partial charge is 0.508 e. The number of phenolic OH excluding ortho intramolecular Hbond substituents is 1. The monoisotopic (exact) mass is 707 g/mol. The topological polar surface area (TPSA) is 115 Å². The minimum Gasteiger partial charge on any atom is -0.508 e. The molecule has 8 rings (SSSR count). The Morgan fingerprint density at radius 3 is 2.62 bits per heavy atom. The van der Waals surface area contributed by atoms with Crippen molar-refractivity contribution < 1.29 is 31.4 Å². The van der Waals surface area contributed by atoms with Crippen LogP contribution in [0.3, 0.4) is 0 Å². The normalized spacial score (nSPS) is 25.5. The van der Waals surface area contributed by atoms with Crippen LogP contribution in [0.25, 0.3) is 32.9 Å². The maximum atomic E-state index is 17.0. The van der Waals surface area contributed by atoms with Gasteiger partial charge in [-0.2, -0.15) is 27.0 Å². The molecular weight excluding hydrogens is 671 g/mol. The van der Waals surface area contributed by atoms with Crippen LogP contribution >= 0.6 is 0 Å². The van der Waals surface area contributed by atoms with Crippen LogP contribution < -0.4 is 9.64 Å². The van der Waals surface area contributed by atoms with Gasteiger partial charge < -0.3 is 14.7 Å². The Balaban J connectivity index is 1.26. The Labute approximate surface area is 287 Å². The molecule has 2 aromatic heterocycles. The second kappa shape index (κ2) is 11.9. The van der Waals surface area contributed by atoms with E-state index in [1.54, 1.807) is 4.31 Å². The number of terminal acetylenes is 1. The van der Waals surface area contributed by atoms with Crippen LogP contribution in [-0.2, 0) is 10.2 Å². The van der Waals surface area contributed by atoms with Gasteiger partial charge in [-0.3, -0.25) is 9.88 Å². The molecule has 4 saturated heterocycles. The van der Waals surface area contributed by atoms with Crippen LogP contribution in [0, 0.1) is 24.0 Å². The standard InChI is InChI=1S/C35H36F3N7O4S/c1-4-25-28(37)9-6-20-12-24(46)13-26(29(20)25)31-30(38)32-27(15-39-31)33(43-17-22-7-8-23(18-43)45(22)50(47,48)42(2)3)41-34(40-32)49-19-35-10-5-11-44(35)16-21(36)14-35/h1,6,9,12-13,15,21-23,46H,5,7-8,10-11,14,16-19H2,2-3H3/t21-,22?,23?,35+/m1/s1. The number of piperazine rings is 1. The Morgan fingerprint density at radius 2 is 1.90 bits per heavy atom. The molecule has 4 fully saturated rings. The first-order valence-electron chi connectivity index (χ1n) is 16.7. The Hall–Kier alpha value is -4.23. The molecule has 4 atom stereocenters. The lowest BCUT2D eigenvalue weighted by Gasteiger charge is -2.41. The van der Waals surface area contributed by atoms with Crippen molar-refractivity contribution in [3.8, 4) is 35.4 Å². The van der Waals surface area contributed by atoms with Gasteiger partial charge in [-0.1, -0.05) is 12.0 Å². The zero-order chi connectivity index (χ0) is 35.1. The number of aromatic hydroxyl groups is 1. The number of pyridine rings is 1. The molecule has 0 spiro atoms. The van der Waals surface area contributed by atoms with Gasteiger partial charge in [0, 0.05) is 69.4 Å². The smallest absolute Gasteiger partial charge is 0.319 e. The van der Waals surface area contributed by atoms with Gasteiger partial charge in [0.2, 0.25) is 0 Å². The lowest BCUT2D eigenvalue weighted by molar-refractivity contribution is 0.107. The molecule has 0 saturated carbocycles. The maximum Gasteiger partial charge on any atom is 0.319 e. The predicted octanol–water partition coefficient (Wildman–Crippen LogP) is 4.22. The van der Waals surface area contributed by atoms with Crippen LogP contribution in [0.15, 0.2) is 30.5 Å². The first-order valence-corrected chi connectivity index (χ1v) is 18.1. The molecule has 2 unspecified atom stereocenters. The molecule has 6 heterocycles. The summed E-state index contributed by atoms with van der Waals surface area (Å²) in [7, 11) is -0.672. The fourth-order valence-electron chi connectivity index (χ4n) is 8.52. The van der Waals surface area contributed by atoms with Crippen molar-refractivity contribution in [3.05, 3.63) is 47.7 Å². The highest BCUT2D eigenvalue weighted by Gasteiger charge is 2.50. The van der Waals surface area contributed by atoms with E-state index in [4.69, 9.17) is 16.1 Å². The van der Waals surface area contributed by atoms with Crippen LogP contribution in [0.2, 0.25) is 0 Å². The van der Waals surface area contributed by atoms with Gasteiger partial charge in [-0.05, 0) is 55.8 Å². The van der Waals surface area contributed by atoms with E-state index in [1.165, 1.54) is 48.9 Å². The highest BCUT2D eigenvalue weighted by atomic mass is 32.2.